The molecule has 0 amide bonds. The van der Waals surface area contributed by atoms with E-state index in [0.29, 0.717) is 18.0 Å². The zero-order valence-corrected chi connectivity index (χ0v) is 11.3. The molecule has 19 heavy (non-hydrogen) atoms. The summed E-state index contributed by atoms with van der Waals surface area (Å²) < 4.78 is 4.91. The van der Waals surface area contributed by atoms with Crippen LogP contribution in [-0.2, 0) is 22.4 Å². The molecule has 0 fully saturated rings. The fourth-order valence-corrected chi connectivity index (χ4v) is 2.31. The molecule has 5 heteroatoms. The summed E-state index contributed by atoms with van der Waals surface area (Å²) in [5.74, 6) is 0.257. The van der Waals surface area contributed by atoms with E-state index in [-0.39, 0.29) is 12.5 Å². The van der Waals surface area contributed by atoms with Crippen LogP contribution in [0.1, 0.15) is 30.2 Å². The lowest BCUT2D eigenvalue weighted by molar-refractivity contribution is -0.141. The van der Waals surface area contributed by atoms with Crippen LogP contribution in [0, 0.1) is 11.3 Å². The number of hydrogen-bond acceptors (Lipinski definition) is 5. The maximum Gasteiger partial charge on any atom is 0.325 e. The SMILES string of the molecule is CCOC(=O)CN(C)c1nc2c(cc1C#N)CCC2. The fraction of sp³-hybridized carbons (Fsp3) is 0.500. The summed E-state index contributed by atoms with van der Waals surface area (Å²) in [6.07, 6.45) is 3.01. The third-order valence-corrected chi connectivity index (χ3v) is 3.18. The first-order valence-corrected chi connectivity index (χ1v) is 6.45. The van der Waals surface area contributed by atoms with Gasteiger partial charge in [-0.25, -0.2) is 4.98 Å². The number of carbonyl (C=O) groups is 1. The molecule has 0 radical (unpaired) electrons. The first kappa shape index (κ1) is 13.3. The van der Waals surface area contributed by atoms with Gasteiger partial charge in [0, 0.05) is 12.7 Å². The second-order valence-electron chi connectivity index (χ2n) is 4.59. The fourth-order valence-electron chi connectivity index (χ4n) is 2.31. The van der Waals surface area contributed by atoms with Crippen LogP contribution in [0.5, 0.6) is 0 Å². The molecule has 0 spiro atoms. The molecule has 1 aliphatic rings. The second-order valence-corrected chi connectivity index (χ2v) is 4.59. The minimum absolute atomic E-state index is 0.105. The summed E-state index contributed by atoms with van der Waals surface area (Å²) in [5.41, 5.74) is 2.72. The lowest BCUT2D eigenvalue weighted by Gasteiger charge is -2.19. The first-order chi connectivity index (χ1) is 9.15. The summed E-state index contributed by atoms with van der Waals surface area (Å²) in [4.78, 5) is 17.7. The van der Waals surface area contributed by atoms with Crippen molar-refractivity contribution in [2.75, 3.05) is 25.1 Å². The van der Waals surface area contributed by atoms with Crippen LogP contribution in [0.25, 0.3) is 0 Å². The molecule has 0 unspecified atom stereocenters. The lowest BCUT2D eigenvalue weighted by atomic mass is 10.1. The number of esters is 1. The largest absolute Gasteiger partial charge is 0.465 e. The molecule has 100 valence electrons. The monoisotopic (exact) mass is 259 g/mol. The van der Waals surface area contributed by atoms with Crippen molar-refractivity contribution in [2.24, 2.45) is 0 Å². The van der Waals surface area contributed by atoms with Crippen molar-refractivity contribution < 1.29 is 9.53 Å². The van der Waals surface area contributed by atoms with Crippen molar-refractivity contribution in [3.8, 4) is 6.07 Å². The van der Waals surface area contributed by atoms with Gasteiger partial charge in [0.15, 0.2) is 0 Å². The van der Waals surface area contributed by atoms with Gasteiger partial charge >= 0.3 is 5.97 Å². The van der Waals surface area contributed by atoms with Crippen molar-refractivity contribution in [3.05, 3.63) is 22.9 Å². The van der Waals surface area contributed by atoms with E-state index in [1.165, 1.54) is 0 Å². The van der Waals surface area contributed by atoms with Gasteiger partial charge in [-0.2, -0.15) is 5.26 Å². The Balaban J connectivity index is 2.24. The van der Waals surface area contributed by atoms with Crippen LogP contribution in [-0.4, -0.2) is 31.2 Å². The molecule has 0 saturated carbocycles. The van der Waals surface area contributed by atoms with Crippen molar-refractivity contribution in [2.45, 2.75) is 26.2 Å². The summed E-state index contributed by atoms with van der Waals surface area (Å²) in [7, 11) is 1.75. The highest BCUT2D eigenvalue weighted by Crippen LogP contribution is 2.26. The number of aromatic nitrogens is 1. The van der Waals surface area contributed by atoms with E-state index < -0.39 is 0 Å². The van der Waals surface area contributed by atoms with E-state index in [1.807, 2.05) is 6.07 Å². The summed E-state index contributed by atoms with van der Waals surface area (Å²) in [6, 6.07) is 4.05. The average Bonchev–Trinajstić information content (AvgIpc) is 2.84. The summed E-state index contributed by atoms with van der Waals surface area (Å²) in [5, 5.41) is 9.20. The highest BCUT2D eigenvalue weighted by atomic mass is 16.5. The molecule has 1 heterocycles. The van der Waals surface area contributed by atoms with Crippen molar-refractivity contribution >= 4 is 11.8 Å². The summed E-state index contributed by atoms with van der Waals surface area (Å²) >= 11 is 0. The number of nitrogens with zero attached hydrogens (tertiary/aromatic N) is 3. The highest BCUT2D eigenvalue weighted by Gasteiger charge is 2.19. The third-order valence-electron chi connectivity index (χ3n) is 3.18. The number of ether oxygens (including phenoxy) is 1. The molecule has 1 aromatic heterocycles. The number of fused-ring (bicyclic) bond motifs is 1. The van der Waals surface area contributed by atoms with Gasteiger partial charge < -0.3 is 9.64 Å². The Bertz CT molecular complexity index is 534. The number of nitriles is 1. The number of rotatable bonds is 4. The molecule has 1 aromatic rings. The van der Waals surface area contributed by atoms with Gasteiger partial charge in [-0.3, -0.25) is 4.79 Å². The van der Waals surface area contributed by atoms with Gasteiger partial charge in [0.1, 0.15) is 18.4 Å². The first-order valence-electron chi connectivity index (χ1n) is 6.45. The Hall–Kier alpha value is -2.09. The number of likely N-dealkylation sites (N-methyl/N-ethyl adjacent to an activating group) is 1. The predicted octanol–water partition coefficient (Wildman–Crippen LogP) is 1.44. The molecule has 0 N–H and O–H groups in total. The lowest BCUT2D eigenvalue weighted by Crippen LogP contribution is -2.28. The molecule has 0 atom stereocenters. The van der Waals surface area contributed by atoms with Crippen molar-refractivity contribution in [1.82, 2.24) is 4.98 Å². The van der Waals surface area contributed by atoms with Gasteiger partial charge in [0.05, 0.1) is 12.2 Å². The van der Waals surface area contributed by atoms with E-state index in [9.17, 15) is 10.1 Å². The molecular formula is C14H17N3O2. The van der Waals surface area contributed by atoms with Crippen LogP contribution in [0.3, 0.4) is 0 Å². The predicted molar refractivity (Wildman–Crippen MR) is 70.9 cm³/mol. The molecule has 0 aromatic carbocycles. The number of pyridine rings is 1. The normalized spacial score (nSPS) is 12.7. The Morgan fingerprint density at radius 1 is 1.58 bits per heavy atom. The number of carbonyl (C=O) groups excluding carboxylic acids is 1. The van der Waals surface area contributed by atoms with Gasteiger partial charge in [0.2, 0.25) is 0 Å². The zero-order chi connectivity index (χ0) is 13.8. The van der Waals surface area contributed by atoms with Crippen molar-refractivity contribution in [3.63, 3.8) is 0 Å². The van der Waals surface area contributed by atoms with Crippen LogP contribution in [0.2, 0.25) is 0 Å². The minimum Gasteiger partial charge on any atom is -0.465 e. The molecule has 0 aliphatic heterocycles. The Kier molecular flexibility index (Phi) is 4.00. The minimum atomic E-state index is -0.309. The molecule has 5 nitrogen and oxygen atoms in total. The topological polar surface area (TPSA) is 66.2 Å². The molecule has 0 saturated heterocycles. The van der Waals surface area contributed by atoms with Crippen LogP contribution in [0.4, 0.5) is 5.82 Å². The van der Waals surface area contributed by atoms with Gasteiger partial charge in [-0.15, -0.1) is 0 Å². The molecule has 1 aliphatic carbocycles. The number of aryl methyl sites for hydroxylation is 2. The van der Waals surface area contributed by atoms with Gasteiger partial charge in [-0.05, 0) is 37.8 Å². The van der Waals surface area contributed by atoms with Crippen LogP contribution < -0.4 is 4.90 Å². The van der Waals surface area contributed by atoms with E-state index in [0.717, 1.165) is 30.5 Å². The van der Waals surface area contributed by atoms with E-state index >= 15 is 0 Å². The number of hydrogen-bond donors (Lipinski definition) is 0. The number of anilines is 1. The maximum atomic E-state index is 11.5. The quantitative estimate of drug-likeness (QED) is 0.765. The second kappa shape index (κ2) is 5.70. The smallest absolute Gasteiger partial charge is 0.325 e. The average molecular weight is 259 g/mol. The zero-order valence-electron chi connectivity index (χ0n) is 11.3. The Labute approximate surface area is 112 Å². The highest BCUT2D eigenvalue weighted by molar-refractivity contribution is 5.76. The van der Waals surface area contributed by atoms with Crippen LogP contribution in [0.15, 0.2) is 6.07 Å². The Morgan fingerprint density at radius 3 is 3.05 bits per heavy atom. The molecule has 2 rings (SSSR count). The van der Waals surface area contributed by atoms with E-state index in [4.69, 9.17) is 4.74 Å². The third kappa shape index (κ3) is 2.84. The van der Waals surface area contributed by atoms with Gasteiger partial charge in [0.25, 0.3) is 0 Å². The Morgan fingerprint density at radius 2 is 2.37 bits per heavy atom. The van der Waals surface area contributed by atoms with E-state index in [1.54, 1.807) is 18.9 Å². The maximum absolute atomic E-state index is 11.5. The van der Waals surface area contributed by atoms with Crippen molar-refractivity contribution in [1.29, 1.82) is 5.26 Å². The van der Waals surface area contributed by atoms with Crippen LogP contribution >= 0.6 is 0 Å². The summed E-state index contributed by atoms with van der Waals surface area (Å²) in [6.45, 7) is 2.23. The standard InChI is InChI=1S/C14H17N3O2/c1-3-19-13(18)9-17(2)14-11(8-15)7-10-5-4-6-12(10)16-14/h7H,3-6,9H2,1-2H3. The van der Waals surface area contributed by atoms with E-state index in [2.05, 4.69) is 11.1 Å². The molecular weight excluding hydrogens is 242 g/mol. The molecule has 0 bridgehead atoms. The van der Waals surface area contributed by atoms with Gasteiger partial charge in [-0.1, -0.05) is 0 Å².